The zero-order chi connectivity index (χ0) is 36.7. The molecule has 260 valence electrons. The van der Waals surface area contributed by atoms with E-state index >= 15 is 0 Å². The van der Waals surface area contributed by atoms with Crippen molar-refractivity contribution in [1.29, 1.82) is 0 Å². The molecule has 12 aromatic rings. The summed E-state index contributed by atoms with van der Waals surface area (Å²) in [6.45, 7) is 0. The minimum absolute atomic E-state index is 0.661. The smallest absolute Gasteiger partial charge is 0.235 e. The second-order valence-corrected chi connectivity index (χ2v) is 14.6. The van der Waals surface area contributed by atoms with E-state index in [0.29, 0.717) is 5.95 Å². The van der Waals surface area contributed by atoms with Crippen LogP contribution in [0.5, 0.6) is 0 Å². The zero-order valence-corrected chi connectivity index (χ0v) is 30.3. The summed E-state index contributed by atoms with van der Waals surface area (Å²) < 4.78 is 4.63. The Hall–Kier alpha value is -7.56. The van der Waals surface area contributed by atoms with Crippen LogP contribution in [0.1, 0.15) is 0 Å². The average Bonchev–Trinajstić information content (AvgIpc) is 3.77. The molecule has 56 heavy (non-hydrogen) atoms. The summed E-state index contributed by atoms with van der Waals surface area (Å²) in [4.78, 5) is 10.6. The van der Waals surface area contributed by atoms with Gasteiger partial charge < -0.3 is 4.57 Å². The average molecular weight is 713 g/mol. The Balaban J connectivity index is 1.13. The first-order chi connectivity index (χ1) is 27.8. The van der Waals surface area contributed by atoms with Crippen molar-refractivity contribution in [3.63, 3.8) is 0 Å². The SMILES string of the molecule is c1ccc(-c2nc(-n3c4ccccc4c4cc5c(cc(-c6ccc7c(c6)c6ccccc6n7-c6ccccc6)c6ccccc65)cc43)nc3ccccc23)cc1. The molecule has 12 rings (SSSR count). The highest BCUT2D eigenvalue weighted by Gasteiger charge is 2.20. The van der Waals surface area contributed by atoms with Crippen LogP contribution in [0.25, 0.3) is 110 Å². The highest BCUT2D eigenvalue weighted by Crippen LogP contribution is 2.42. The number of rotatable bonds is 4. The Morgan fingerprint density at radius 3 is 1.68 bits per heavy atom. The lowest BCUT2D eigenvalue weighted by Gasteiger charge is -2.14. The first-order valence-corrected chi connectivity index (χ1v) is 19.1. The van der Waals surface area contributed by atoms with E-state index in [0.717, 1.165) is 38.9 Å². The molecule has 0 amide bonds. The molecule has 3 heterocycles. The molecular weight excluding hydrogens is 681 g/mol. The number of aromatic nitrogens is 4. The van der Waals surface area contributed by atoms with E-state index in [-0.39, 0.29) is 0 Å². The number of hydrogen-bond acceptors (Lipinski definition) is 2. The summed E-state index contributed by atoms with van der Waals surface area (Å²) in [7, 11) is 0. The second-order valence-electron chi connectivity index (χ2n) is 14.6. The van der Waals surface area contributed by atoms with E-state index in [2.05, 4.69) is 197 Å². The van der Waals surface area contributed by atoms with Gasteiger partial charge in [0.15, 0.2) is 0 Å². The molecule has 0 saturated carbocycles. The van der Waals surface area contributed by atoms with Gasteiger partial charge in [-0.1, -0.05) is 133 Å². The molecule has 4 heteroatoms. The zero-order valence-electron chi connectivity index (χ0n) is 30.3. The maximum atomic E-state index is 5.34. The summed E-state index contributed by atoms with van der Waals surface area (Å²) in [6, 6.07) is 69.7. The molecule has 0 spiro atoms. The van der Waals surface area contributed by atoms with Gasteiger partial charge in [0.2, 0.25) is 5.95 Å². The normalized spacial score (nSPS) is 11.9. The van der Waals surface area contributed by atoms with Crippen LogP contribution in [0.4, 0.5) is 0 Å². The Morgan fingerprint density at radius 1 is 0.321 bits per heavy atom. The van der Waals surface area contributed by atoms with Gasteiger partial charge in [0.25, 0.3) is 0 Å². The molecular formula is C52H32N4. The Kier molecular flexibility index (Phi) is 6.60. The minimum atomic E-state index is 0.661. The Labute approximate surface area is 322 Å². The summed E-state index contributed by atoms with van der Waals surface area (Å²) in [5, 5.41) is 10.7. The molecule has 0 aliphatic carbocycles. The maximum absolute atomic E-state index is 5.34. The van der Waals surface area contributed by atoms with Crippen molar-refractivity contribution < 1.29 is 0 Å². The van der Waals surface area contributed by atoms with Gasteiger partial charge in [0, 0.05) is 38.2 Å². The Morgan fingerprint density at radius 2 is 0.911 bits per heavy atom. The van der Waals surface area contributed by atoms with Gasteiger partial charge in [0.1, 0.15) is 0 Å². The molecule has 0 fully saturated rings. The van der Waals surface area contributed by atoms with Crippen LogP contribution in [0.2, 0.25) is 0 Å². The number of hydrogen-bond donors (Lipinski definition) is 0. The van der Waals surface area contributed by atoms with Crippen LogP contribution in [-0.4, -0.2) is 19.1 Å². The predicted octanol–water partition coefficient (Wildman–Crippen LogP) is 13.5. The number of benzene rings is 9. The van der Waals surface area contributed by atoms with Gasteiger partial charge >= 0.3 is 0 Å². The molecule has 9 aromatic carbocycles. The third kappa shape index (κ3) is 4.53. The van der Waals surface area contributed by atoms with Crippen molar-refractivity contribution in [2.24, 2.45) is 0 Å². The molecule has 3 aromatic heterocycles. The molecule has 0 unspecified atom stereocenters. The van der Waals surface area contributed by atoms with Crippen molar-refractivity contribution in [2.45, 2.75) is 0 Å². The fourth-order valence-corrected chi connectivity index (χ4v) is 9.00. The monoisotopic (exact) mass is 712 g/mol. The van der Waals surface area contributed by atoms with Crippen LogP contribution in [0.15, 0.2) is 194 Å². The van der Waals surface area contributed by atoms with Crippen LogP contribution >= 0.6 is 0 Å². The van der Waals surface area contributed by atoms with E-state index in [4.69, 9.17) is 9.97 Å². The summed E-state index contributed by atoms with van der Waals surface area (Å²) in [6.07, 6.45) is 0. The van der Waals surface area contributed by atoms with Gasteiger partial charge in [-0.3, -0.25) is 4.57 Å². The lowest BCUT2D eigenvalue weighted by molar-refractivity contribution is 1.01. The van der Waals surface area contributed by atoms with E-state index in [1.54, 1.807) is 0 Å². The van der Waals surface area contributed by atoms with Gasteiger partial charge in [0.05, 0.1) is 33.3 Å². The summed E-state index contributed by atoms with van der Waals surface area (Å²) >= 11 is 0. The molecule has 0 saturated heterocycles. The van der Waals surface area contributed by atoms with Crippen LogP contribution < -0.4 is 0 Å². The second kappa shape index (κ2) is 12.0. The van der Waals surface area contributed by atoms with Crippen molar-refractivity contribution in [2.75, 3.05) is 0 Å². The van der Waals surface area contributed by atoms with Crippen LogP contribution in [0, 0.1) is 0 Å². The predicted molar refractivity (Wildman–Crippen MR) is 234 cm³/mol. The number of fused-ring (bicyclic) bond motifs is 10. The minimum Gasteiger partial charge on any atom is -0.309 e. The van der Waals surface area contributed by atoms with Gasteiger partial charge in [-0.25, -0.2) is 9.97 Å². The quantitative estimate of drug-likeness (QED) is 0.170. The van der Waals surface area contributed by atoms with Crippen molar-refractivity contribution in [1.82, 2.24) is 19.1 Å². The standard InChI is InChI=1S/C52H32N4/c1-3-15-33(16-4-1)51-41-23-9-12-24-46(41)53-52(54-51)56-48-26-14-11-22-40(48)45-32-43-35(31-50(45)56)30-42(37-19-7-8-20-38(37)43)34-27-28-49-44(29-34)39-21-10-13-25-47(39)55(49)36-17-5-2-6-18-36/h1-32H. The highest BCUT2D eigenvalue weighted by atomic mass is 15.2. The number of para-hydroxylation sites is 4. The van der Waals surface area contributed by atoms with Crippen molar-refractivity contribution in [3.8, 4) is 34.0 Å². The van der Waals surface area contributed by atoms with E-state index < -0.39 is 0 Å². The maximum Gasteiger partial charge on any atom is 0.235 e. The molecule has 0 radical (unpaired) electrons. The third-order valence-electron chi connectivity index (χ3n) is 11.5. The van der Waals surface area contributed by atoms with Gasteiger partial charge in [-0.05, 0) is 93.3 Å². The van der Waals surface area contributed by atoms with Crippen molar-refractivity contribution >= 4 is 76.1 Å². The fraction of sp³-hybridized carbons (Fsp3) is 0. The van der Waals surface area contributed by atoms with Crippen LogP contribution in [-0.2, 0) is 0 Å². The molecule has 4 nitrogen and oxygen atoms in total. The summed E-state index contributed by atoms with van der Waals surface area (Å²) in [5.74, 6) is 0.661. The Bertz CT molecular complexity index is 3520. The topological polar surface area (TPSA) is 35.6 Å². The highest BCUT2D eigenvalue weighted by molar-refractivity contribution is 6.21. The van der Waals surface area contributed by atoms with E-state index in [1.165, 1.54) is 65.3 Å². The van der Waals surface area contributed by atoms with E-state index in [1.807, 2.05) is 6.07 Å². The first-order valence-electron chi connectivity index (χ1n) is 19.1. The lowest BCUT2D eigenvalue weighted by atomic mass is 9.92. The summed E-state index contributed by atoms with van der Waals surface area (Å²) in [5.41, 5.74) is 11.0. The molecule has 0 bridgehead atoms. The van der Waals surface area contributed by atoms with Crippen molar-refractivity contribution in [3.05, 3.63) is 194 Å². The molecule has 0 aliphatic heterocycles. The largest absolute Gasteiger partial charge is 0.309 e. The first kappa shape index (κ1) is 30.9. The van der Waals surface area contributed by atoms with E-state index in [9.17, 15) is 0 Å². The molecule has 0 atom stereocenters. The molecule has 0 aliphatic rings. The van der Waals surface area contributed by atoms with Gasteiger partial charge in [-0.2, -0.15) is 0 Å². The lowest BCUT2D eigenvalue weighted by Crippen LogP contribution is -2.03. The molecule has 0 N–H and O–H groups in total. The third-order valence-corrected chi connectivity index (χ3v) is 11.5. The fourth-order valence-electron chi connectivity index (χ4n) is 9.00. The number of nitrogens with zero attached hydrogens (tertiary/aromatic N) is 4. The van der Waals surface area contributed by atoms with Gasteiger partial charge in [-0.15, -0.1) is 0 Å². The van der Waals surface area contributed by atoms with Crippen LogP contribution in [0.3, 0.4) is 0 Å².